The summed E-state index contributed by atoms with van der Waals surface area (Å²) in [5.74, 6) is -0.253. The SMILES string of the molecule is Cc1ccc(F)cc1C=NNc1ccccc1. The molecule has 0 radical (unpaired) electrons. The lowest BCUT2D eigenvalue weighted by Gasteiger charge is -2.01. The average molecular weight is 228 g/mol. The number of anilines is 1. The fraction of sp³-hybridized carbons (Fsp3) is 0.0714. The summed E-state index contributed by atoms with van der Waals surface area (Å²) in [5, 5.41) is 4.07. The fourth-order valence-corrected chi connectivity index (χ4v) is 1.44. The summed E-state index contributed by atoms with van der Waals surface area (Å²) in [4.78, 5) is 0. The summed E-state index contributed by atoms with van der Waals surface area (Å²) >= 11 is 0. The van der Waals surface area contributed by atoms with Crippen LogP contribution in [0.1, 0.15) is 11.1 Å². The Morgan fingerprint density at radius 2 is 1.88 bits per heavy atom. The lowest BCUT2D eigenvalue weighted by molar-refractivity contribution is 0.627. The standard InChI is InChI=1S/C14H13FN2/c1-11-7-8-13(15)9-12(11)10-16-17-14-5-3-2-4-6-14/h2-10,17H,1H3. The van der Waals surface area contributed by atoms with Crippen LogP contribution in [0.3, 0.4) is 0 Å². The van der Waals surface area contributed by atoms with E-state index in [0.717, 1.165) is 16.8 Å². The van der Waals surface area contributed by atoms with E-state index in [9.17, 15) is 4.39 Å². The second-order valence-electron chi connectivity index (χ2n) is 3.74. The van der Waals surface area contributed by atoms with Crippen molar-refractivity contribution in [1.29, 1.82) is 0 Å². The second kappa shape index (κ2) is 5.25. The molecule has 0 atom stereocenters. The Balaban J connectivity index is 2.08. The van der Waals surface area contributed by atoms with Gasteiger partial charge in [0, 0.05) is 5.56 Å². The Labute approximate surface area is 99.8 Å². The zero-order valence-corrected chi connectivity index (χ0v) is 9.52. The number of halogens is 1. The normalized spacial score (nSPS) is 10.7. The first kappa shape index (κ1) is 11.3. The Morgan fingerprint density at radius 3 is 2.65 bits per heavy atom. The summed E-state index contributed by atoms with van der Waals surface area (Å²) in [6.45, 7) is 1.92. The second-order valence-corrected chi connectivity index (χ2v) is 3.74. The monoisotopic (exact) mass is 228 g/mol. The molecule has 1 N–H and O–H groups in total. The van der Waals surface area contributed by atoms with Gasteiger partial charge in [-0.1, -0.05) is 24.3 Å². The number of para-hydroxylation sites is 1. The summed E-state index contributed by atoms with van der Waals surface area (Å²) in [7, 11) is 0. The van der Waals surface area contributed by atoms with Crippen molar-refractivity contribution in [2.45, 2.75) is 6.92 Å². The highest BCUT2D eigenvalue weighted by Crippen LogP contribution is 2.08. The van der Waals surface area contributed by atoms with Crippen molar-refractivity contribution in [3.05, 3.63) is 65.5 Å². The quantitative estimate of drug-likeness (QED) is 0.630. The van der Waals surface area contributed by atoms with E-state index in [1.54, 1.807) is 12.3 Å². The summed E-state index contributed by atoms with van der Waals surface area (Å²) in [6, 6.07) is 14.2. The van der Waals surface area contributed by atoms with Gasteiger partial charge < -0.3 is 0 Å². The van der Waals surface area contributed by atoms with Crippen molar-refractivity contribution in [3.8, 4) is 0 Å². The van der Waals surface area contributed by atoms with Gasteiger partial charge in [-0.15, -0.1) is 0 Å². The van der Waals surface area contributed by atoms with Crippen LogP contribution in [0.4, 0.5) is 10.1 Å². The molecule has 0 saturated carbocycles. The van der Waals surface area contributed by atoms with Crippen LogP contribution in [0.2, 0.25) is 0 Å². The third-order valence-corrected chi connectivity index (χ3v) is 2.41. The maximum Gasteiger partial charge on any atom is 0.123 e. The number of rotatable bonds is 3. The molecule has 2 aromatic rings. The lowest BCUT2D eigenvalue weighted by atomic mass is 10.1. The Morgan fingerprint density at radius 1 is 1.12 bits per heavy atom. The summed E-state index contributed by atoms with van der Waals surface area (Å²) in [6.07, 6.45) is 1.62. The maximum absolute atomic E-state index is 13.0. The molecule has 0 spiro atoms. The van der Waals surface area contributed by atoms with Crippen LogP contribution < -0.4 is 5.43 Å². The highest BCUT2D eigenvalue weighted by Gasteiger charge is 1.96. The van der Waals surface area contributed by atoms with Crippen molar-refractivity contribution < 1.29 is 4.39 Å². The number of hydrogen-bond acceptors (Lipinski definition) is 2. The molecular weight excluding hydrogens is 215 g/mol. The molecule has 3 heteroatoms. The van der Waals surface area contributed by atoms with Crippen LogP contribution in [0.15, 0.2) is 53.6 Å². The molecule has 86 valence electrons. The van der Waals surface area contributed by atoms with E-state index < -0.39 is 0 Å². The minimum absolute atomic E-state index is 0.253. The van der Waals surface area contributed by atoms with E-state index in [1.165, 1.54) is 12.1 Å². The van der Waals surface area contributed by atoms with Crippen molar-refractivity contribution in [3.63, 3.8) is 0 Å². The van der Waals surface area contributed by atoms with Gasteiger partial charge in [0.1, 0.15) is 5.82 Å². The summed E-state index contributed by atoms with van der Waals surface area (Å²) < 4.78 is 13.0. The van der Waals surface area contributed by atoms with Crippen molar-refractivity contribution in [2.75, 3.05) is 5.43 Å². The molecule has 2 aromatic carbocycles. The number of nitrogens with zero attached hydrogens (tertiary/aromatic N) is 1. The molecular formula is C14H13FN2. The van der Waals surface area contributed by atoms with Crippen LogP contribution in [-0.2, 0) is 0 Å². The van der Waals surface area contributed by atoms with Gasteiger partial charge in [0.2, 0.25) is 0 Å². The van der Waals surface area contributed by atoms with Crippen LogP contribution in [0, 0.1) is 12.7 Å². The molecule has 2 nitrogen and oxygen atoms in total. The van der Waals surface area contributed by atoms with Crippen LogP contribution >= 0.6 is 0 Å². The zero-order chi connectivity index (χ0) is 12.1. The smallest absolute Gasteiger partial charge is 0.123 e. The van der Waals surface area contributed by atoms with E-state index >= 15 is 0 Å². The minimum Gasteiger partial charge on any atom is -0.279 e. The first-order valence-electron chi connectivity index (χ1n) is 5.36. The van der Waals surface area contributed by atoms with Gasteiger partial charge in [0.15, 0.2) is 0 Å². The molecule has 0 unspecified atom stereocenters. The highest BCUT2D eigenvalue weighted by atomic mass is 19.1. The molecule has 0 fully saturated rings. The topological polar surface area (TPSA) is 24.4 Å². The number of hydrogen-bond donors (Lipinski definition) is 1. The van der Waals surface area contributed by atoms with Gasteiger partial charge in [0.05, 0.1) is 11.9 Å². The number of aryl methyl sites for hydroxylation is 1. The van der Waals surface area contributed by atoms with Gasteiger partial charge in [-0.2, -0.15) is 5.10 Å². The largest absolute Gasteiger partial charge is 0.279 e. The molecule has 0 heterocycles. The van der Waals surface area contributed by atoms with E-state index in [4.69, 9.17) is 0 Å². The molecule has 0 bridgehead atoms. The molecule has 0 aliphatic rings. The van der Waals surface area contributed by atoms with Crippen molar-refractivity contribution >= 4 is 11.9 Å². The van der Waals surface area contributed by atoms with Crippen LogP contribution in [-0.4, -0.2) is 6.21 Å². The Kier molecular flexibility index (Phi) is 3.50. The van der Waals surface area contributed by atoms with Gasteiger partial charge in [-0.3, -0.25) is 5.43 Å². The average Bonchev–Trinajstić information content (AvgIpc) is 2.35. The third-order valence-electron chi connectivity index (χ3n) is 2.41. The van der Waals surface area contributed by atoms with E-state index in [1.807, 2.05) is 37.3 Å². The fourth-order valence-electron chi connectivity index (χ4n) is 1.44. The third kappa shape index (κ3) is 3.14. The van der Waals surface area contributed by atoms with Crippen LogP contribution in [0.25, 0.3) is 0 Å². The van der Waals surface area contributed by atoms with Gasteiger partial charge >= 0.3 is 0 Å². The van der Waals surface area contributed by atoms with Crippen molar-refractivity contribution in [2.24, 2.45) is 5.10 Å². The van der Waals surface area contributed by atoms with Gasteiger partial charge in [-0.05, 0) is 36.8 Å². The number of hydrazone groups is 1. The molecule has 0 aliphatic carbocycles. The van der Waals surface area contributed by atoms with Gasteiger partial charge in [-0.25, -0.2) is 4.39 Å². The predicted octanol–water partition coefficient (Wildman–Crippen LogP) is 3.58. The zero-order valence-electron chi connectivity index (χ0n) is 9.52. The Hall–Kier alpha value is -2.16. The van der Waals surface area contributed by atoms with Crippen LogP contribution in [0.5, 0.6) is 0 Å². The van der Waals surface area contributed by atoms with E-state index in [-0.39, 0.29) is 5.82 Å². The van der Waals surface area contributed by atoms with Gasteiger partial charge in [0.25, 0.3) is 0 Å². The highest BCUT2D eigenvalue weighted by molar-refractivity contribution is 5.82. The molecule has 0 amide bonds. The molecule has 17 heavy (non-hydrogen) atoms. The first-order chi connectivity index (χ1) is 8.25. The number of benzene rings is 2. The first-order valence-corrected chi connectivity index (χ1v) is 5.36. The summed E-state index contributed by atoms with van der Waals surface area (Å²) in [5.41, 5.74) is 5.55. The predicted molar refractivity (Wildman–Crippen MR) is 68.8 cm³/mol. The molecule has 0 saturated heterocycles. The molecule has 0 aliphatic heterocycles. The minimum atomic E-state index is -0.253. The van der Waals surface area contributed by atoms with E-state index in [0.29, 0.717) is 0 Å². The number of nitrogens with one attached hydrogen (secondary N) is 1. The van der Waals surface area contributed by atoms with Crippen molar-refractivity contribution in [1.82, 2.24) is 0 Å². The lowest BCUT2D eigenvalue weighted by Crippen LogP contribution is -1.93. The molecule has 0 aromatic heterocycles. The molecule has 2 rings (SSSR count). The maximum atomic E-state index is 13.0. The Bertz CT molecular complexity index is 521. The van der Waals surface area contributed by atoms with E-state index in [2.05, 4.69) is 10.5 Å².